The normalized spacial score (nSPS) is 18.4. The zero-order chi connectivity index (χ0) is 30.3. The highest BCUT2D eigenvalue weighted by molar-refractivity contribution is 6.31. The van der Waals surface area contributed by atoms with Crippen molar-refractivity contribution in [1.29, 1.82) is 0 Å². The minimum Gasteiger partial charge on any atom is -0.341 e. The van der Waals surface area contributed by atoms with Crippen LogP contribution in [0.4, 0.5) is 0 Å². The Balaban J connectivity index is 0.000000467. The number of halogens is 1. The first-order valence-electron chi connectivity index (χ1n) is 15.6. The fourth-order valence-corrected chi connectivity index (χ4v) is 6.00. The van der Waals surface area contributed by atoms with Gasteiger partial charge in [-0.05, 0) is 103 Å². The van der Waals surface area contributed by atoms with Crippen molar-refractivity contribution in [1.82, 2.24) is 5.32 Å². The molecule has 0 aromatic heterocycles. The molecule has 1 aliphatic carbocycles. The average Bonchev–Trinajstić information content (AvgIpc) is 2.97. The van der Waals surface area contributed by atoms with Gasteiger partial charge in [0.05, 0.1) is 5.66 Å². The van der Waals surface area contributed by atoms with Crippen LogP contribution >= 0.6 is 11.6 Å². The summed E-state index contributed by atoms with van der Waals surface area (Å²) in [5.74, 6) is 2.10. The Morgan fingerprint density at radius 3 is 2.21 bits per heavy atom. The molecule has 1 fully saturated rings. The van der Waals surface area contributed by atoms with Crippen molar-refractivity contribution in [2.45, 2.75) is 112 Å². The van der Waals surface area contributed by atoms with E-state index in [0.29, 0.717) is 5.92 Å². The monoisotopic (exact) mass is 592 g/mol. The summed E-state index contributed by atoms with van der Waals surface area (Å²) in [6, 6.07) is 26.1. The molecule has 0 aliphatic heterocycles. The highest BCUT2D eigenvalue weighted by Gasteiger charge is 2.31. The molecule has 232 valence electrons. The first kappa shape index (κ1) is 37.4. The second-order valence-corrected chi connectivity index (χ2v) is 12.1. The van der Waals surface area contributed by atoms with Crippen LogP contribution in [0, 0.1) is 18.8 Å². The first-order valence-corrected chi connectivity index (χ1v) is 16.0. The molecule has 0 saturated heterocycles. The fraction of sp³-hybridized carbons (Fsp3) is 0.500. The van der Waals surface area contributed by atoms with Gasteiger partial charge in [0, 0.05) is 5.02 Å². The smallest absolute Gasteiger partial charge is 0.208 e. The second kappa shape index (κ2) is 19.5. The van der Waals surface area contributed by atoms with Crippen molar-refractivity contribution in [2.75, 3.05) is 0 Å². The summed E-state index contributed by atoms with van der Waals surface area (Å²) >= 11 is 6.26. The Labute approximate surface area is 262 Å². The van der Waals surface area contributed by atoms with Gasteiger partial charge < -0.3 is 11.1 Å². The van der Waals surface area contributed by atoms with Gasteiger partial charge in [-0.2, -0.15) is 0 Å². The summed E-state index contributed by atoms with van der Waals surface area (Å²) in [6.07, 6.45) is 9.64. The third-order valence-corrected chi connectivity index (χ3v) is 8.39. The van der Waals surface area contributed by atoms with Crippen LogP contribution < -0.4 is 11.1 Å². The molecule has 1 amide bonds. The number of rotatable bonds is 10. The maximum Gasteiger partial charge on any atom is 0.208 e. The molecule has 3 N–H and O–H groups in total. The minimum atomic E-state index is -0.423. The summed E-state index contributed by atoms with van der Waals surface area (Å²) in [6.45, 7) is 12.9. The van der Waals surface area contributed by atoms with Crippen LogP contribution in [0.15, 0.2) is 72.8 Å². The molecule has 4 rings (SSSR count). The molecule has 3 nitrogen and oxygen atoms in total. The summed E-state index contributed by atoms with van der Waals surface area (Å²) in [4.78, 5) is 10.3. The van der Waals surface area contributed by atoms with Crippen LogP contribution in [-0.4, -0.2) is 12.1 Å². The third-order valence-electron chi connectivity index (χ3n) is 8.17. The van der Waals surface area contributed by atoms with Crippen molar-refractivity contribution in [3.8, 4) is 11.1 Å². The minimum absolute atomic E-state index is 0. The lowest BCUT2D eigenvalue weighted by molar-refractivity contribution is -0.111. The maximum atomic E-state index is 10.3. The van der Waals surface area contributed by atoms with E-state index in [2.05, 4.69) is 99.7 Å². The number of hydrogen-bond donors (Lipinski definition) is 2. The summed E-state index contributed by atoms with van der Waals surface area (Å²) in [7, 11) is 0. The van der Waals surface area contributed by atoms with Gasteiger partial charge in [0.2, 0.25) is 6.41 Å². The number of aryl methyl sites for hydroxylation is 1. The third kappa shape index (κ3) is 12.3. The Morgan fingerprint density at radius 1 is 0.976 bits per heavy atom. The number of carbonyl (C=O) groups is 1. The molecule has 1 aliphatic rings. The largest absolute Gasteiger partial charge is 0.341 e. The lowest BCUT2D eigenvalue weighted by atomic mass is 9.77. The van der Waals surface area contributed by atoms with Crippen LogP contribution in [0.5, 0.6) is 0 Å². The van der Waals surface area contributed by atoms with E-state index in [4.69, 9.17) is 17.3 Å². The van der Waals surface area contributed by atoms with Gasteiger partial charge in [-0.15, -0.1) is 0 Å². The highest BCUT2D eigenvalue weighted by atomic mass is 35.5. The number of unbranched alkanes of at least 4 members (excludes halogenated alkanes) is 1. The first-order chi connectivity index (χ1) is 19.7. The standard InChI is InChI=1S/C25H27Cl.C10H20N2O.C2H6.CH4/c1-3-4-10-22(21-11-6-5-7-12-21)16-20-9-8-13-23(17-20)24-14-19(2)15-25(26)18-24;1-8(2)9-3-5-10(11,6-4-9)12-7-13;1-2;/h5-9,11-15,17-18,22H,3-4,10,16H2,1-2H3;7-9H,3-6,11H2,1-2H3,(H,12,13);1-2H3;1H4. The quantitative estimate of drug-likeness (QED) is 0.182. The molecule has 42 heavy (non-hydrogen) atoms. The van der Waals surface area contributed by atoms with E-state index in [1.807, 2.05) is 19.9 Å². The van der Waals surface area contributed by atoms with Crippen molar-refractivity contribution in [3.63, 3.8) is 0 Å². The second-order valence-electron chi connectivity index (χ2n) is 11.7. The molecule has 4 heteroatoms. The van der Waals surface area contributed by atoms with Crippen LogP contribution in [0.1, 0.15) is 110 Å². The van der Waals surface area contributed by atoms with Crippen molar-refractivity contribution >= 4 is 18.0 Å². The number of nitrogens with two attached hydrogens (primary N) is 1. The van der Waals surface area contributed by atoms with Gasteiger partial charge in [0.25, 0.3) is 0 Å². The summed E-state index contributed by atoms with van der Waals surface area (Å²) in [5, 5.41) is 3.52. The molecular formula is C38H57ClN2O. The summed E-state index contributed by atoms with van der Waals surface area (Å²) in [5.41, 5.74) is 12.0. The Kier molecular flexibility index (Phi) is 17.4. The lowest BCUT2D eigenvalue weighted by Gasteiger charge is -2.38. The average molecular weight is 593 g/mol. The van der Waals surface area contributed by atoms with Crippen molar-refractivity contribution in [2.24, 2.45) is 17.6 Å². The maximum absolute atomic E-state index is 10.3. The van der Waals surface area contributed by atoms with Crippen LogP contribution in [-0.2, 0) is 11.2 Å². The molecule has 0 bridgehead atoms. The van der Waals surface area contributed by atoms with E-state index < -0.39 is 5.66 Å². The van der Waals surface area contributed by atoms with Crippen LogP contribution in [0.2, 0.25) is 5.02 Å². The molecule has 1 unspecified atom stereocenters. The molecular weight excluding hydrogens is 536 g/mol. The van der Waals surface area contributed by atoms with E-state index in [1.54, 1.807) is 0 Å². The Hall–Kier alpha value is -2.62. The Morgan fingerprint density at radius 2 is 1.64 bits per heavy atom. The topological polar surface area (TPSA) is 55.1 Å². The van der Waals surface area contributed by atoms with E-state index in [9.17, 15) is 4.79 Å². The van der Waals surface area contributed by atoms with Crippen LogP contribution in [0.3, 0.4) is 0 Å². The van der Waals surface area contributed by atoms with Gasteiger partial charge in [0.15, 0.2) is 0 Å². The van der Waals surface area contributed by atoms with Gasteiger partial charge in [-0.1, -0.05) is 127 Å². The molecule has 3 aromatic carbocycles. The molecule has 0 heterocycles. The molecule has 0 spiro atoms. The molecule has 0 radical (unpaired) electrons. The number of hydrogen-bond acceptors (Lipinski definition) is 2. The van der Waals surface area contributed by atoms with Crippen LogP contribution in [0.25, 0.3) is 11.1 Å². The van der Waals surface area contributed by atoms with E-state index >= 15 is 0 Å². The number of nitrogens with one attached hydrogen (secondary N) is 1. The van der Waals surface area contributed by atoms with E-state index in [-0.39, 0.29) is 7.43 Å². The van der Waals surface area contributed by atoms with Gasteiger partial charge in [0.1, 0.15) is 0 Å². The van der Waals surface area contributed by atoms with Crippen molar-refractivity contribution in [3.05, 3.63) is 94.5 Å². The molecule has 3 aromatic rings. The van der Waals surface area contributed by atoms with Gasteiger partial charge in [-0.25, -0.2) is 0 Å². The predicted octanol–water partition coefficient (Wildman–Crippen LogP) is 10.7. The zero-order valence-electron chi connectivity index (χ0n) is 26.3. The fourth-order valence-electron chi connectivity index (χ4n) is 5.71. The predicted molar refractivity (Wildman–Crippen MR) is 185 cm³/mol. The number of amides is 1. The highest BCUT2D eigenvalue weighted by Crippen LogP contribution is 2.33. The van der Waals surface area contributed by atoms with E-state index in [0.717, 1.165) is 55.4 Å². The van der Waals surface area contributed by atoms with Gasteiger partial charge >= 0.3 is 0 Å². The summed E-state index contributed by atoms with van der Waals surface area (Å²) < 4.78 is 0. The SMILES string of the molecule is C.CC.CC(C)C1CCC(N)(NC=O)CC1.CCCCC(Cc1cccc(-c2cc(C)cc(Cl)c2)c1)c1ccccc1. The number of benzene rings is 3. The van der Waals surface area contributed by atoms with Gasteiger partial charge in [-0.3, -0.25) is 4.79 Å². The molecule has 1 saturated carbocycles. The lowest BCUT2D eigenvalue weighted by Crippen LogP contribution is -2.55. The van der Waals surface area contributed by atoms with Crippen molar-refractivity contribution < 1.29 is 4.79 Å². The Bertz CT molecular complexity index is 1130. The van der Waals surface area contributed by atoms with E-state index in [1.165, 1.54) is 47.1 Å². The zero-order valence-corrected chi connectivity index (χ0v) is 27.0. The number of carbonyl (C=O) groups excluding carboxylic acids is 1. The molecule has 1 atom stereocenters.